The van der Waals surface area contributed by atoms with Crippen molar-refractivity contribution in [2.24, 2.45) is 16.7 Å². The second-order valence-electron chi connectivity index (χ2n) is 13.4. The van der Waals surface area contributed by atoms with Gasteiger partial charge < -0.3 is 28.4 Å². The Kier molecular flexibility index (Phi) is 10.0. The summed E-state index contributed by atoms with van der Waals surface area (Å²) >= 11 is 0. The van der Waals surface area contributed by atoms with Gasteiger partial charge in [0.05, 0.1) is 48.5 Å². The maximum atomic E-state index is 12.2. The van der Waals surface area contributed by atoms with Crippen molar-refractivity contribution in [1.29, 1.82) is 0 Å². The lowest BCUT2D eigenvalue weighted by Crippen LogP contribution is -2.51. The van der Waals surface area contributed by atoms with Crippen molar-refractivity contribution in [2.45, 2.75) is 138 Å². The molecule has 2 fully saturated rings. The Bertz CT molecular complexity index is 746. The van der Waals surface area contributed by atoms with Gasteiger partial charge in [-0.25, -0.2) is 0 Å². The molecule has 0 aliphatic carbocycles. The largest absolute Gasteiger partial charge is 0.465 e. The maximum Gasteiger partial charge on any atom is 0.311 e. The molecule has 2 aliphatic rings. The minimum atomic E-state index is -0.753. The van der Waals surface area contributed by atoms with Crippen molar-refractivity contribution in [3.63, 3.8) is 0 Å². The van der Waals surface area contributed by atoms with Gasteiger partial charge in [-0.1, -0.05) is 6.92 Å². The highest BCUT2D eigenvalue weighted by molar-refractivity contribution is 5.75. The van der Waals surface area contributed by atoms with Crippen molar-refractivity contribution in [2.75, 3.05) is 13.2 Å². The number of rotatable bonds is 8. The molecule has 0 radical (unpaired) electrons. The van der Waals surface area contributed by atoms with Gasteiger partial charge >= 0.3 is 11.9 Å². The number of esters is 2. The van der Waals surface area contributed by atoms with E-state index in [0.717, 1.165) is 0 Å². The van der Waals surface area contributed by atoms with E-state index < -0.39 is 22.4 Å². The summed E-state index contributed by atoms with van der Waals surface area (Å²) in [5.74, 6) is -1.89. The minimum Gasteiger partial charge on any atom is -0.465 e. The van der Waals surface area contributed by atoms with Crippen LogP contribution in [-0.4, -0.2) is 61.1 Å². The predicted octanol–water partition coefficient (Wildman–Crippen LogP) is 5.40. The molecule has 8 nitrogen and oxygen atoms in total. The molecule has 0 saturated carbocycles. The van der Waals surface area contributed by atoms with Crippen molar-refractivity contribution >= 4 is 11.9 Å². The zero-order valence-electron chi connectivity index (χ0n) is 24.4. The highest BCUT2D eigenvalue weighted by Gasteiger charge is 2.42. The van der Waals surface area contributed by atoms with Crippen molar-refractivity contribution < 1.29 is 38.0 Å². The average molecular weight is 515 g/mol. The first kappa shape index (κ1) is 31.0. The summed E-state index contributed by atoms with van der Waals surface area (Å²) in [7, 11) is 0. The smallest absolute Gasteiger partial charge is 0.311 e. The average Bonchev–Trinajstić information content (AvgIpc) is 2.67. The molecule has 2 heterocycles. The molecule has 0 bridgehead atoms. The lowest BCUT2D eigenvalue weighted by Gasteiger charge is -2.46. The summed E-state index contributed by atoms with van der Waals surface area (Å²) in [4.78, 5) is 24.3. The van der Waals surface area contributed by atoms with Crippen LogP contribution in [0.2, 0.25) is 0 Å². The Morgan fingerprint density at radius 3 is 1.81 bits per heavy atom. The van der Waals surface area contributed by atoms with Gasteiger partial charge in [-0.2, -0.15) is 0 Å². The van der Waals surface area contributed by atoms with Gasteiger partial charge in [0.2, 0.25) is 0 Å². The van der Waals surface area contributed by atoms with Crippen molar-refractivity contribution in [3.8, 4) is 0 Å². The van der Waals surface area contributed by atoms with Crippen LogP contribution in [-0.2, 0) is 38.0 Å². The van der Waals surface area contributed by atoms with Crippen LogP contribution in [0.1, 0.15) is 102 Å². The van der Waals surface area contributed by atoms with Crippen LogP contribution in [0.15, 0.2) is 0 Å². The summed E-state index contributed by atoms with van der Waals surface area (Å²) in [6, 6.07) is 0. The predicted molar refractivity (Wildman–Crippen MR) is 136 cm³/mol. The molecular weight excluding hydrogens is 464 g/mol. The molecule has 2 rings (SSSR count). The number of carbonyl (C=O) groups is 2. The Morgan fingerprint density at radius 1 is 0.778 bits per heavy atom. The van der Waals surface area contributed by atoms with Crippen LogP contribution in [0, 0.1) is 16.7 Å². The molecule has 0 aromatic carbocycles. The lowest BCUT2D eigenvalue weighted by molar-refractivity contribution is -0.329. The van der Waals surface area contributed by atoms with Crippen molar-refractivity contribution in [1.82, 2.24) is 0 Å². The zero-order chi connectivity index (χ0) is 27.5. The molecule has 0 aromatic rings. The Labute approximate surface area is 218 Å². The molecule has 0 aromatic heterocycles. The van der Waals surface area contributed by atoms with Crippen molar-refractivity contribution in [3.05, 3.63) is 0 Å². The van der Waals surface area contributed by atoms with E-state index in [0.29, 0.717) is 38.9 Å². The molecule has 210 valence electrons. The zero-order valence-corrected chi connectivity index (χ0v) is 24.4. The lowest BCUT2D eigenvalue weighted by atomic mass is 9.92. The van der Waals surface area contributed by atoms with E-state index in [2.05, 4.69) is 0 Å². The van der Waals surface area contributed by atoms with Crippen LogP contribution in [0.5, 0.6) is 0 Å². The van der Waals surface area contributed by atoms with Crippen LogP contribution in [0.4, 0.5) is 0 Å². The first-order valence-electron chi connectivity index (χ1n) is 13.3. The summed E-state index contributed by atoms with van der Waals surface area (Å²) in [6.07, 6.45) is 2.38. The first-order valence-corrected chi connectivity index (χ1v) is 13.3. The minimum absolute atomic E-state index is 0.0271. The first-order chi connectivity index (χ1) is 16.3. The summed E-state index contributed by atoms with van der Waals surface area (Å²) in [5.41, 5.74) is -1.06. The molecule has 0 unspecified atom stereocenters. The van der Waals surface area contributed by atoms with E-state index in [1.54, 1.807) is 0 Å². The second kappa shape index (κ2) is 11.7. The van der Waals surface area contributed by atoms with E-state index in [1.807, 2.05) is 76.2 Å². The van der Waals surface area contributed by atoms with Crippen LogP contribution >= 0.6 is 0 Å². The fraction of sp³-hybridized carbons (Fsp3) is 0.929. The third-order valence-corrected chi connectivity index (χ3v) is 6.34. The summed E-state index contributed by atoms with van der Waals surface area (Å²) < 4.78 is 35.9. The van der Waals surface area contributed by atoms with E-state index in [4.69, 9.17) is 28.4 Å². The molecule has 0 N–H and O–H groups in total. The molecule has 2 aliphatic heterocycles. The second-order valence-corrected chi connectivity index (χ2v) is 13.4. The molecular formula is C28H50O8. The van der Waals surface area contributed by atoms with E-state index in [1.165, 1.54) is 0 Å². The number of carbonyl (C=O) groups excluding carboxylic acids is 2. The molecule has 0 amide bonds. The van der Waals surface area contributed by atoms with Crippen LogP contribution in [0.25, 0.3) is 0 Å². The van der Waals surface area contributed by atoms with Gasteiger partial charge in [-0.15, -0.1) is 0 Å². The van der Waals surface area contributed by atoms with E-state index in [9.17, 15) is 9.59 Å². The SMILES string of the molecule is C[C@H](COC(=O)C(C)(C)C)[C@H]1C[C@H](C[C@H]2C[C@H](CCOC(=O)C(C)(C)C)OC(C)(C)O2)OC(C)(C)O1. The third-order valence-electron chi connectivity index (χ3n) is 6.34. The Hall–Kier alpha value is -1.22. The Morgan fingerprint density at radius 2 is 1.25 bits per heavy atom. The van der Waals surface area contributed by atoms with Gasteiger partial charge in [-0.05, 0) is 69.2 Å². The van der Waals surface area contributed by atoms with E-state index in [-0.39, 0.29) is 42.3 Å². The summed E-state index contributed by atoms with van der Waals surface area (Å²) in [6.45, 7) is 21.4. The molecule has 0 spiro atoms. The molecule has 36 heavy (non-hydrogen) atoms. The highest BCUT2D eigenvalue weighted by atomic mass is 16.7. The number of hydrogen-bond donors (Lipinski definition) is 0. The highest BCUT2D eigenvalue weighted by Crippen LogP contribution is 2.36. The summed E-state index contributed by atoms with van der Waals surface area (Å²) in [5, 5.41) is 0. The van der Waals surface area contributed by atoms with E-state index >= 15 is 0 Å². The topological polar surface area (TPSA) is 89.5 Å². The van der Waals surface area contributed by atoms with Crippen LogP contribution < -0.4 is 0 Å². The standard InChI is InChI=1S/C28H50O8/c1-18(17-32-24(30)26(5,6)7)22-16-21(35-28(10,11)36-22)15-20-14-19(33-27(8,9)34-20)12-13-31-23(29)25(2,3)4/h18-22H,12-17H2,1-11H3/t18-,19+,20-,21+,22-/m1/s1. The van der Waals surface area contributed by atoms with Crippen LogP contribution in [0.3, 0.4) is 0 Å². The number of hydrogen-bond acceptors (Lipinski definition) is 8. The number of ether oxygens (including phenoxy) is 6. The van der Waals surface area contributed by atoms with Gasteiger partial charge in [0.15, 0.2) is 11.6 Å². The van der Waals surface area contributed by atoms with Gasteiger partial charge in [0.1, 0.15) is 0 Å². The van der Waals surface area contributed by atoms with Gasteiger partial charge in [-0.3, -0.25) is 9.59 Å². The monoisotopic (exact) mass is 514 g/mol. The third kappa shape index (κ3) is 9.92. The van der Waals surface area contributed by atoms with Gasteiger partial charge in [0.25, 0.3) is 0 Å². The maximum absolute atomic E-state index is 12.2. The molecule has 5 atom stereocenters. The van der Waals surface area contributed by atoms with Gasteiger partial charge in [0, 0.05) is 31.6 Å². The Balaban J connectivity index is 1.95. The molecule has 8 heteroatoms. The molecule has 2 saturated heterocycles. The fourth-order valence-electron chi connectivity index (χ4n) is 4.51. The normalized spacial score (nSPS) is 29.3. The quantitative estimate of drug-likeness (QED) is 0.398. The fourth-order valence-corrected chi connectivity index (χ4v) is 4.51.